The molecule has 1 unspecified atom stereocenters. The second-order valence-corrected chi connectivity index (χ2v) is 9.69. The summed E-state index contributed by atoms with van der Waals surface area (Å²) in [5, 5.41) is 11.2. The van der Waals surface area contributed by atoms with E-state index in [1.165, 1.54) is 25.6 Å². The fourth-order valence-corrected chi connectivity index (χ4v) is 4.69. The first-order chi connectivity index (χ1) is 17.9. The number of nitrogens with one attached hydrogen (secondary N) is 2. The number of hydrogen-bond donors (Lipinski definition) is 3. The highest BCUT2D eigenvalue weighted by Crippen LogP contribution is 2.36. The molecule has 0 amide bonds. The molecule has 2 aromatic heterocycles. The van der Waals surface area contributed by atoms with Crippen LogP contribution in [0.15, 0.2) is 59.8 Å². The number of aliphatic hydroxyl groups is 1. The number of pyridine rings is 1. The minimum atomic E-state index is -4.68. The van der Waals surface area contributed by atoms with Gasteiger partial charge < -0.3 is 19.6 Å². The molecule has 0 aliphatic rings. The number of anilines is 1. The Balaban J connectivity index is 1.66. The summed E-state index contributed by atoms with van der Waals surface area (Å²) in [6.45, 7) is 0.503. The van der Waals surface area contributed by atoms with Crippen molar-refractivity contribution in [1.29, 1.82) is 0 Å². The van der Waals surface area contributed by atoms with Gasteiger partial charge in [0.1, 0.15) is 29.9 Å². The van der Waals surface area contributed by atoms with Crippen molar-refractivity contribution in [2.75, 3.05) is 25.0 Å². The molecule has 8 nitrogen and oxygen atoms in total. The van der Waals surface area contributed by atoms with Gasteiger partial charge in [0, 0.05) is 24.3 Å². The van der Waals surface area contributed by atoms with Crippen molar-refractivity contribution >= 4 is 26.7 Å². The molecule has 0 aliphatic carbocycles. The molecule has 2 heterocycles. The number of sulfonamides is 1. The summed E-state index contributed by atoms with van der Waals surface area (Å²) in [7, 11) is -3.07. The van der Waals surface area contributed by atoms with Crippen molar-refractivity contribution in [3.8, 4) is 5.75 Å². The molecule has 0 saturated carbocycles. The Kier molecular flexibility index (Phi) is 7.58. The van der Waals surface area contributed by atoms with Crippen molar-refractivity contribution in [3.63, 3.8) is 0 Å². The number of methoxy groups -OCH3 is 1. The first kappa shape index (κ1) is 27.3. The van der Waals surface area contributed by atoms with Crippen LogP contribution in [-0.4, -0.2) is 43.8 Å². The lowest BCUT2D eigenvalue weighted by Crippen LogP contribution is -2.16. The lowest BCUT2D eigenvalue weighted by atomic mass is 10.00. The fraction of sp³-hybridized carbons (Fsp3) is 0.208. The van der Waals surface area contributed by atoms with Gasteiger partial charge in [0.2, 0.25) is 0 Å². The van der Waals surface area contributed by atoms with Crippen LogP contribution in [0.3, 0.4) is 0 Å². The van der Waals surface area contributed by atoms with E-state index < -0.39 is 55.6 Å². The molecular weight excluding hydrogens is 537 g/mol. The minimum absolute atomic E-state index is 0.0326. The zero-order chi connectivity index (χ0) is 27.7. The van der Waals surface area contributed by atoms with Crippen molar-refractivity contribution in [3.05, 3.63) is 83.2 Å². The van der Waals surface area contributed by atoms with Crippen LogP contribution in [-0.2, 0) is 20.9 Å². The number of aromatic nitrogens is 2. The number of rotatable bonds is 9. The Bertz CT molecular complexity index is 1560. The van der Waals surface area contributed by atoms with E-state index in [0.717, 1.165) is 12.1 Å². The Morgan fingerprint density at radius 3 is 2.47 bits per heavy atom. The second-order valence-electron chi connectivity index (χ2n) is 8.01. The number of hydrogen-bond acceptors (Lipinski definition) is 6. The highest BCUT2D eigenvalue weighted by atomic mass is 32.2. The summed E-state index contributed by atoms with van der Waals surface area (Å²) in [6, 6.07) is 5.56. The molecule has 14 heteroatoms. The molecule has 1 atom stereocenters. The minimum Gasteiger partial charge on any atom is -0.490 e. The molecule has 0 bridgehead atoms. The third-order valence-electron chi connectivity index (χ3n) is 5.53. The van der Waals surface area contributed by atoms with Crippen LogP contribution in [0.5, 0.6) is 5.75 Å². The van der Waals surface area contributed by atoms with Crippen LogP contribution in [0.2, 0.25) is 0 Å². The van der Waals surface area contributed by atoms with Gasteiger partial charge in [-0.3, -0.25) is 4.72 Å². The number of ether oxygens (including phenoxy) is 2. The monoisotopic (exact) mass is 557 g/mol. The Morgan fingerprint density at radius 2 is 1.82 bits per heavy atom. The van der Waals surface area contributed by atoms with E-state index >= 15 is 4.39 Å². The standard InChI is InChI=1S/C24H20F5N3O5S/c1-36-8-9-37-14-10-16-17(12-31-23(16)30-11-14)22(33)20-18(25)6-7-19(21(20)26)32-38(34,35)15-4-2-13(3-5-15)24(27,28)29/h2-7,10-12,22,32-33H,8-9H2,1H3,(H,30,31). The van der Waals surface area contributed by atoms with E-state index in [9.17, 15) is 31.1 Å². The maximum atomic E-state index is 15.4. The molecule has 0 radical (unpaired) electrons. The van der Waals surface area contributed by atoms with Gasteiger partial charge in [-0.15, -0.1) is 0 Å². The average molecular weight is 557 g/mol. The number of benzene rings is 2. The summed E-state index contributed by atoms with van der Waals surface area (Å²) >= 11 is 0. The van der Waals surface area contributed by atoms with Gasteiger partial charge in [-0.05, 0) is 42.5 Å². The zero-order valence-corrected chi connectivity index (χ0v) is 20.3. The molecule has 0 fully saturated rings. The van der Waals surface area contributed by atoms with Gasteiger partial charge in [0.25, 0.3) is 10.0 Å². The normalized spacial score (nSPS) is 13.0. The van der Waals surface area contributed by atoms with E-state index in [1.54, 1.807) is 0 Å². The van der Waals surface area contributed by atoms with Crippen molar-refractivity contribution in [2.45, 2.75) is 17.2 Å². The lowest BCUT2D eigenvalue weighted by molar-refractivity contribution is -0.137. The molecule has 2 aromatic carbocycles. The maximum Gasteiger partial charge on any atom is 0.416 e. The Labute approximate surface area is 213 Å². The van der Waals surface area contributed by atoms with E-state index in [0.29, 0.717) is 42.0 Å². The van der Waals surface area contributed by atoms with E-state index in [2.05, 4.69) is 9.97 Å². The fourth-order valence-electron chi connectivity index (χ4n) is 3.63. The van der Waals surface area contributed by atoms with Gasteiger partial charge in [-0.2, -0.15) is 13.2 Å². The van der Waals surface area contributed by atoms with Crippen molar-refractivity contribution in [1.82, 2.24) is 9.97 Å². The number of nitrogens with zero attached hydrogens (tertiary/aromatic N) is 1. The largest absolute Gasteiger partial charge is 0.490 e. The van der Waals surface area contributed by atoms with Gasteiger partial charge in [-0.25, -0.2) is 22.2 Å². The van der Waals surface area contributed by atoms with Gasteiger partial charge in [0.05, 0.1) is 34.5 Å². The van der Waals surface area contributed by atoms with Crippen molar-refractivity contribution in [2.24, 2.45) is 0 Å². The lowest BCUT2D eigenvalue weighted by Gasteiger charge is -2.16. The highest BCUT2D eigenvalue weighted by Gasteiger charge is 2.31. The Morgan fingerprint density at radius 1 is 1.11 bits per heavy atom. The topological polar surface area (TPSA) is 114 Å². The number of fused-ring (bicyclic) bond motifs is 1. The molecule has 4 aromatic rings. The average Bonchev–Trinajstić information content (AvgIpc) is 3.29. The number of halogens is 5. The molecule has 4 rings (SSSR count). The van der Waals surface area contributed by atoms with Crippen molar-refractivity contribution < 1.29 is 45.0 Å². The van der Waals surface area contributed by atoms with Gasteiger partial charge >= 0.3 is 6.18 Å². The Hall–Kier alpha value is -3.75. The summed E-state index contributed by atoms with van der Waals surface area (Å²) in [4.78, 5) is 6.33. The molecular formula is C24H20F5N3O5S. The number of alkyl halides is 3. The SMILES string of the molecule is COCCOc1cnc2[nH]cc(C(O)c3c(F)ccc(NS(=O)(=O)c4ccc(C(F)(F)F)cc4)c3F)c2c1. The molecule has 0 aliphatic heterocycles. The quantitative estimate of drug-likeness (QED) is 0.202. The van der Waals surface area contributed by atoms with E-state index in [-0.39, 0.29) is 17.8 Å². The number of aliphatic hydroxyl groups excluding tert-OH is 1. The smallest absolute Gasteiger partial charge is 0.416 e. The van der Waals surface area contributed by atoms with Crippen LogP contribution < -0.4 is 9.46 Å². The first-order valence-corrected chi connectivity index (χ1v) is 12.4. The summed E-state index contributed by atoms with van der Waals surface area (Å²) in [5.41, 5.74) is -2.33. The summed E-state index contributed by atoms with van der Waals surface area (Å²) in [6.07, 6.45) is -3.88. The molecule has 0 saturated heterocycles. The predicted octanol–water partition coefficient (Wildman–Crippen LogP) is 4.77. The van der Waals surface area contributed by atoms with Crippen LogP contribution in [0.1, 0.15) is 22.8 Å². The van der Waals surface area contributed by atoms with Gasteiger partial charge in [0.15, 0.2) is 5.82 Å². The summed E-state index contributed by atoms with van der Waals surface area (Å²) < 4.78 is 106. The second kappa shape index (κ2) is 10.6. The molecule has 0 spiro atoms. The van der Waals surface area contributed by atoms with Crippen LogP contribution >= 0.6 is 0 Å². The third kappa shape index (κ3) is 5.56. The van der Waals surface area contributed by atoms with Crippen LogP contribution in [0, 0.1) is 11.6 Å². The maximum absolute atomic E-state index is 15.4. The van der Waals surface area contributed by atoms with Gasteiger partial charge in [-0.1, -0.05) is 0 Å². The van der Waals surface area contributed by atoms with E-state index in [4.69, 9.17) is 9.47 Å². The molecule has 38 heavy (non-hydrogen) atoms. The first-order valence-electron chi connectivity index (χ1n) is 10.9. The predicted molar refractivity (Wildman–Crippen MR) is 126 cm³/mol. The molecule has 3 N–H and O–H groups in total. The van der Waals surface area contributed by atoms with E-state index in [1.807, 2.05) is 4.72 Å². The number of H-pyrrole nitrogens is 1. The highest BCUT2D eigenvalue weighted by molar-refractivity contribution is 7.92. The number of aromatic amines is 1. The molecule has 202 valence electrons. The zero-order valence-electron chi connectivity index (χ0n) is 19.5. The van der Waals surface area contributed by atoms with Crippen LogP contribution in [0.4, 0.5) is 27.6 Å². The van der Waals surface area contributed by atoms with Crippen LogP contribution in [0.25, 0.3) is 11.0 Å². The third-order valence-corrected chi connectivity index (χ3v) is 6.91. The summed E-state index contributed by atoms with van der Waals surface area (Å²) in [5.74, 6) is -2.27.